The number of rotatable bonds is 8. The Morgan fingerprint density at radius 1 is 1.26 bits per heavy atom. The zero-order valence-corrected chi connectivity index (χ0v) is 21.3. The topological polar surface area (TPSA) is 150 Å². The highest BCUT2D eigenvalue weighted by Gasteiger charge is 2.37. The van der Waals surface area contributed by atoms with Gasteiger partial charge in [0.25, 0.3) is 11.8 Å². The van der Waals surface area contributed by atoms with Gasteiger partial charge in [0, 0.05) is 30.4 Å². The molecule has 2 amide bonds. The number of carbonyl (C=O) groups excluding carboxylic acids is 2. The van der Waals surface area contributed by atoms with Crippen LogP contribution < -0.4 is 14.8 Å². The van der Waals surface area contributed by atoms with Crippen molar-refractivity contribution in [2.45, 2.75) is 44.9 Å². The number of halogens is 1. The molecular formula is C26H30FN5O6. The maximum atomic E-state index is 14.6. The van der Waals surface area contributed by atoms with E-state index >= 15 is 0 Å². The fourth-order valence-corrected chi connectivity index (χ4v) is 4.70. The molecule has 3 heterocycles. The van der Waals surface area contributed by atoms with E-state index in [-0.39, 0.29) is 24.4 Å². The van der Waals surface area contributed by atoms with Gasteiger partial charge in [0.05, 0.1) is 36.9 Å². The number of likely N-dealkylation sites (tertiary alicyclic amines) is 1. The van der Waals surface area contributed by atoms with Gasteiger partial charge in [-0.1, -0.05) is 0 Å². The Morgan fingerprint density at radius 3 is 2.71 bits per heavy atom. The summed E-state index contributed by atoms with van der Waals surface area (Å²) in [6.45, 7) is 3.60. The quantitative estimate of drug-likeness (QED) is 0.345. The van der Waals surface area contributed by atoms with Crippen molar-refractivity contribution in [3.05, 3.63) is 35.5 Å². The van der Waals surface area contributed by atoms with Gasteiger partial charge in [-0.15, -0.1) is 0 Å². The average molecular weight is 528 g/mol. The average Bonchev–Trinajstić information content (AvgIpc) is 3.55. The van der Waals surface area contributed by atoms with E-state index in [2.05, 4.69) is 20.3 Å². The molecule has 0 unspecified atom stereocenters. The number of nitrogens with zero attached hydrogens (tertiary/aromatic N) is 3. The molecule has 12 heteroatoms. The van der Waals surface area contributed by atoms with Crippen molar-refractivity contribution in [1.82, 2.24) is 25.2 Å². The van der Waals surface area contributed by atoms with E-state index in [1.807, 2.05) is 0 Å². The van der Waals surface area contributed by atoms with Crippen LogP contribution in [0.5, 0.6) is 11.5 Å². The minimum atomic E-state index is -1.20. The van der Waals surface area contributed by atoms with Crippen LogP contribution in [0.3, 0.4) is 0 Å². The molecule has 1 aromatic carbocycles. The van der Waals surface area contributed by atoms with Gasteiger partial charge in [-0.2, -0.15) is 0 Å². The van der Waals surface area contributed by atoms with Crippen molar-refractivity contribution in [3.63, 3.8) is 0 Å². The number of amides is 2. The summed E-state index contributed by atoms with van der Waals surface area (Å²) in [4.78, 5) is 38.7. The summed E-state index contributed by atoms with van der Waals surface area (Å²) < 4.78 is 25.7. The Hall–Kier alpha value is -3.77. The van der Waals surface area contributed by atoms with Crippen LogP contribution in [0.2, 0.25) is 0 Å². The number of aryl methyl sites for hydroxylation is 1. The van der Waals surface area contributed by atoms with Gasteiger partial charge in [-0.05, 0) is 38.7 Å². The Bertz CT molecular complexity index is 1390. The molecule has 2 aromatic heterocycles. The number of hydrogen-bond acceptors (Lipinski definition) is 8. The zero-order valence-electron chi connectivity index (χ0n) is 21.3. The van der Waals surface area contributed by atoms with Crippen molar-refractivity contribution in [1.29, 1.82) is 0 Å². The smallest absolute Gasteiger partial charge is 0.255 e. The number of β-amino-alcohol motifs (C(OH)–C–C–N with tert-alkyl or cyclic N) is 1. The molecule has 1 saturated carbocycles. The molecule has 5 rings (SSSR count). The maximum absolute atomic E-state index is 14.6. The Labute approximate surface area is 218 Å². The number of aliphatic hydroxyl groups is 2. The fourth-order valence-electron chi connectivity index (χ4n) is 4.70. The lowest BCUT2D eigenvalue weighted by molar-refractivity contribution is -0.138. The Kier molecular flexibility index (Phi) is 6.93. The summed E-state index contributed by atoms with van der Waals surface area (Å²) >= 11 is 0. The highest BCUT2D eigenvalue weighted by Crippen LogP contribution is 2.39. The first-order valence-electron chi connectivity index (χ1n) is 12.5. The third-order valence-electron chi connectivity index (χ3n) is 6.95. The van der Waals surface area contributed by atoms with E-state index in [0.717, 1.165) is 12.8 Å². The normalized spacial score (nSPS) is 20.0. The second-order valence-corrected chi connectivity index (χ2v) is 9.87. The van der Waals surface area contributed by atoms with Gasteiger partial charge in [0.15, 0.2) is 11.6 Å². The largest absolute Gasteiger partial charge is 0.494 e. The van der Waals surface area contributed by atoms with Gasteiger partial charge in [-0.25, -0.2) is 14.4 Å². The summed E-state index contributed by atoms with van der Waals surface area (Å²) in [5.74, 6) is -0.789. The van der Waals surface area contributed by atoms with Crippen LogP contribution in [0.15, 0.2) is 18.5 Å². The van der Waals surface area contributed by atoms with Gasteiger partial charge >= 0.3 is 0 Å². The molecule has 0 spiro atoms. The third-order valence-corrected chi connectivity index (χ3v) is 6.95. The number of carbonyl (C=O) groups is 2. The second kappa shape index (κ2) is 10.2. The molecule has 1 aliphatic heterocycles. The van der Waals surface area contributed by atoms with Crippen molar-refractivity contribution in [3.8, 4) is 22.8 Å². The molecule has 3 aromatic rings. The highest BCUT2D eigenvalue weighted by molar-refractivity contribution is 6.09. The van der Waals surface area contributed by atoms with E-state index in [1.54, 1.807) is 6.92 Å². The van der Waals surface area contributed by atoms with Crippen molar-refractivity contribution in [2.24, 2.45) is 5.92 Å². The Balaban J connectivity index is 1.48. The summed E-state index contributed by atoms with van der Waals surface area (Å²) in [6, 6.07) is 2.06. The molecule has 3 atom stereocenters. The number of hydrogen-bond donors (Lipinski definition) is 4. The molecule has 202 valence electrons. The molecule has 1 saturated heterocycles. The third kappa shape index (κ3) is 4.88. The van der Waals surface area contributed by atoms with Crippen LogP contribution in [0, 0.1) is 18.7 Å². The molecule has 0 bridgehead atoms. The predicted molar refractivity (Wildman–Crippen MR) is 134 cm³/mol. The minimum Gasteiger partial charge on any atom is -0.494 e. The first-order chi connectivity index (χ1) is 18.2. The monoisotopic (exact) mass is 527 g/mol. The number of aromatic amines is 1. The SMILES string of the molecule is COc1cc(-c2ncnc3c(C(=O)N[C@@H]4CN(C(=O)[C@H](C)O)C[C@H]4O)c(C)[nH]c23)c(OCC2CC2)cc1F. The van der Waals surface area contributed by atoms with E-state index in [4.69, 9.17) is 9.47 Å². The molecular weight excluding hydrogens is 497 g/mol. The number of methoxy groups -OCH3 is 1. The van der Waals surface area contributed by atoms with Crippen LogP contribution in [-0.4, -0.2) is 86.9 Å². The van der Waals surface area contributed by atoms with Gasteiger partial charge in [-0.3, -0.25) is 9.59 Å². The highest BCUT2D eigenvalue weighted by atomic mass is 19.1. The number of H-pyrrole nitrogens is 1. The molecule has 0 radical (unpaired) electrons. The fraction of sp³-hybridized carbons (Fsp3) is 0.462. The number of fused-ring (bicyclic) bond motifs is 1. The first-order valence-corrected chi connectivity index (χ1v) is 12.5. The first kappa shape index (κ1) is 25.9. The standard InChI is InChI=1S/C26H30FN5O6/c1-12-21(25(35)31-17-8-32(9-18(17)34)26(36)13(2)33)23-24(30-12)22(28-11-29-23)15-6-20(37-3)16(27)7-19(15)38-10-14-4-5-14/h6-7,11,13-14,17-18,30,33-34H,4-5,8-10H2,1-3H3,(H,31,35)/t13-,17+,18+/m0/s1. The van der Waals surface area contributed by atoms with Crippen LogP contribution in [0.4, 0.5) is 4.39 Å². The van der Waals surface area contributed by atoms with E-state index in [9.17, 15) is 24.2 Å². The molecule has 2 fully saturated rings. The number of nitrogens with one attached hydrogen (secondary N) is 2. The predicted octanol–water partition coefficient (Wildman–Crippen LogP) is 1.55. The Morgan fingerprint density at radius 2 is 2.03 bits per heavy atom. The molecule has 11 nitrogen and oxygen atoms in total. The lowest BCUT2D eigenvalue weighted by Gasteiger charge is -2.18. The maximum Gasteiger partial charge on any atom is 0.255 e. The van der Waals surface area contributed by atoms with Crippen molar-refractivity contribution in [2.75, 3.05) is 26.8 Å². The van der Waals surface area contributed by atoms with E-state index in [0.29, 0.717) is 46.3 Å². The van der Waals surface area contributed by atoms with E-state index < -0.39 is 35.9 Å². The van der Waals surface area contributed by atoms with Crippen LogP contribution in [0.1, 0.15) is 35.8 Å². The summed E-state index contributed by atoms with van der Waals surface area (Å²) in [7, 11) is 1.37. The molecule has 1 aliphatic carbocycles. The lowest BCUT2D eigenvalue weighted by Crippen LogP contribution is -2.43. The van der Waals surface area contributed by atoms with Crippen LogP contribution in [-0.2, 0) is 4.79 Å². The molecule has 38 heavy (non-hydrogen) atoms. The van der Waals surface area contributed by atoms with Gasteiger partial charge < -0.3 is 34.9 Å². The van der Waals surface area contributed by atoms with Crippen molar-refractivity contribution >= 4 is 22.8 Å². The number of ether oxygens (including phenoxy) is 2. The zero-order chi connectivity index (χ0) is 27.1. The summed E-state index contributed by atoms with van der Waals surface area (Å²) in [5, 5.41) is 22.8. The van der Waals surface area contributed by atoms with Crippen LogP contribution >= 0.6 is 0 Å². The summed E-state index contributed by atoms with van der Waals surface area (Å²) in [5.41, 5.74) is 2.46. The molecule has 4 N–H and O–H groups in total. The molecule has 2 aliphatic rings. The number of benzene rings is 1. The second-order valence-electron chi connectivity index (χ2n) is 9.87. The minimum absolute atomic E-state index is 0.00387. The number of aromatic nitrogens is 3. The van der Waals surface area contributed by atoms with Crippen LogP contribution in [0.25, 0.3) is 22.3 Å². The van der Waals surface area contributed by atoms with Gasteiger partial charge in [0.1, 0.15) is 29.4 Å². The summed E-state index contributed by atoms with van der Waals surface area (Å²) in [6.07, 6.45) is 1.26. The van der Waals surface area contributed by atoms with Gasteiger partial charge in [0.2, 0.25) is 0 Å². The van der Waals surface area contributed by atoms with E-state index in [1.165, 1.54) is 37.4 Å². The van der Waals surface area contributed by atoms with Crippen molar-refractivity contribution < 1.29 is 33.7 Å². The number of aliphatic hydroxyl groups excluding tert-OH is 2. The lowest BCUT2D eigenvalue weighted by atomic mass is 10.1.